The molecule has 2 aliphatic rings. The number of carbonyl (C=O) groups is 1. The van der Waals surface area contributed by atoms with Gasteiger partial charge in [-0.05, 0) is 58.8 Å². The summed E-state index contributed by atoms with van der Waals surface area (Å²) in [6, 6.07) is 3.92. The van der Waals surface area contributed by atoms with Gasteiger partial charge in [-0.1, -0.05) is 29.3 Å². The van der Waals surface area contributed by atoms with Gasteiger partial charge in [0, 0.05) is 14.9 Å². The Morgan fingerprint density at radius 1 is 1.31 bits per heavy atom. The Hall–Kier alpha value is -1.05. The average Bonchev–Trinajstić information content (AvgIpc) is 2.98. The van der Waals surface area contributed by atoms with Gasteiger partial charge < -0.3 is 15.4 Å². The summed E-state index contributed by atoms with van der Waals surface area (Å²) in [4.78, 5) is 14.3. The molecule has 138 valence electrons. The lowest BCUT2D eigenvalue weighted by molar-refractivity contribution is 0.0934. The van der Waals surface area contributed by atoms with Crippen LogP contribution in [0.25, 0.3) is 0 Å². The lowest BCUT2D eigenvalue weighted by atomic mass is 9.85. The minimum atomic E-state index is -0.319. The van der Waals surface area contributed by atoms with E-state index in [-0.39, 0.29) is 12.1 Å². The number of carbonyl (C=O) groups excluding carboxylic acids is 1. The second kappa shape index (κ2) is 7.17. The number of hydrogen-bond donors (Lipinski definition) is 2. The number of amides is 1. The number of halogens is 2. The summed E-state index contributed by atoms with van der Waals surface area (Å²) < 4.78 is 7.34. The third kappa shape index (κ3) is 3.08. The predicted octanol–water partition coefficient (Wildman–Crippen LogP) is 5.65. The van der Waals surface area contributed by atoms with Crippen LogP contribution in [0.5, 0.6) is 5.75 Å². The number of hydrogen-bond acceptors (Lipinski definition) is 4. The molecule has 2 aromatic rings. The molecule has 0 unspecified atom stereocenters. The van der Waals surface area contributed by atoms with Crippen molar-refractivity contribution in [3.05, 3.63) is 42.6 Å². The molecule has 26 heavy (non-hydrogen) atoms. The molecule has 0 saturated heterocycles. The van der Waals surface area contributed by atoms with Crippen LogP contribution in [0, 0.1) is 5.92 Å². The lowest BCUT2D eigenvalue weighted by Gasteiger charge is -2.28. The molecule has 2 N–H and O–H groups in total. The SMILES string of the molecule is CC[C@@H]1CCc2c(sc3c2C(=O)N[C@H](c2cc(Br)cc(Br)c2OC)N3)C1. The molecule has 4 rings (SSSR count). The summed E-state index contributed by atoms with van der Waals surface area (Å²) in [5.41, 5.74) is 3.00. The standard InChI is InChI=1S/C19H20Br2N2O2S/c1-3-9-4-5-11-14(6-9)26-19-15(11)18(24)22-17(23-19)12-7-10(20)8-13(21)16(12)25-2/h7-9,17,23H,3-6H2,1-2H3,(H,22,24)/t9-,17+/m1/s1. The Bertz CT molecular complexity index is 881. The zero-order chi connectivity index (χ0) is 18.4. The van der Waals surface area contributed by atoms with E-state index in [9.17, 15) is 4.79 Å². The number of nitrogens with one attached hydrogen (secondary N) is 2. The second-order valence-electron chi connectivity index (χ2n) is 6.79. The minimum Gasteiger partial charge on any atom is -0.495 e. The van der Waals surface area contributed by atoms with Crippen LogP contribution in [0.2, 0.25) is 0 Å². The highest BCUT2D eigenvalue weighted by Crippen LogP contribution is 2.45. The molecule has 7 heteroatoms. The number of rotatable bonds is 3. The van der Waals surface area contributed by atoms with E-state index in [1.54, 1.807) is 18.4 Å². The summed E-state index contributed by atoms with van der Waals surface area (Å²) in [5.74, 6) is 1.47. The fraction of sp³-hybridized carbons (Fsp3) is 0.421. The Labute approximate surface area is 174 Å². The number of benzene rings is 1. The molecule has 1 aromatic heterocycles. The number of anilines is 1. The highest BCUT2D eigenvalue weighted by Gasteiger charge is 2.34. The summed E-state index contributed by atoms with van der Waals surface area (Å²) in [6.07, 6.45) is 4.16. The van der Waals surface area contributed by atoms with Gasteiger partial charge in [0.15, 0.2) is 0 Å². The van der Waals surface area contributed by atoms with Crippen LogP contribution < -0.4 is 15.4 Å². The summed E-state index contributed by atoms with van der Waals surface area (Å²) in [6.45, 7) is 2.25. The van der Waals surface area contributed by atoms with Crippen molar-refractivity contribution < 1.29 is 9.53 Å². The summed E-state index contributed by atoms with van der Waals surface area (Å²) in [5, 5.41) is 7.63. The number of thiophene rings is 1. The van der Waals surface area contributed by atoms with E-state index in [0.29, 0.717) is 0 Å². The number of ether oxygens (including phenoxy) is 1. The van der Waals surface area contributed by atoms with Crippen molar-refractivity contribution in [2.24, 2.45) is 5.92 Å². The monoisotopic (exact) mass is 498 g/mol. The van der Waals surface area contributed by atoms with Crippen LogP contribution in [0.1, 0.15) is 52.3 Å². The Balaban J connectivity index is 1.72. The fourth-order valence-corrected chi connectivity index (χ4v) is 6.69. The van der Waals surface area contributed by atoms with Gasteiger partial charge >= 0.3 is 0 Å². The largest absolute Gasteiger partial charge is 0.495 e. The molecule has 0 radical (unpaired) electrons. The van der Waals surface area contributed by atoms with Crippen molar-refractivity contribution in [3.8, 4) is 5.75 Å². The minimum absolute atomic E-state index is 0.00866. The maximum Gasteiger partial charge on any atom is 0.256 e. The summed E-state index contributed by atoms with van der Waals surface area (Å²) >= 11 is 8.81. The molecular weight excluding hydrogens is 480 g/mol. The van der Waals surface area contributed by atoms with E-state index in [2.05, 4.69) is 49.4 Å². The molecule has 1 amide bonds. The van der Waals surface area contributed by atoms with Crippen LogP contribution in [0.3, 0.4) is 0 Å². The first-order chi connectivity index (χ1) is 12.5. The average molecular weight is 500 g/mol. The van der Waals surface area contributed by atoms with Gasteiger partial charge in [-0.25, -0.2) is 0 Å². The zero-order valence-electron chi connectivity index (χ0n) is 14.6. The van der Waals surface area contributed by atoms with Crippen LogP contribution >= 0.6 is 43.2 Å². The first-order valence-electron chi connectivity index (χ1n) is 8.76. The quantitative estimate of drug-likeness (QED) is 0.573. The van der Waals surface area contributed by atoms with E-state index < -0.39 is 0 Å². The van der Waals surface area contributed by atoms with Crippen LogP contribution in [-0.4, -0.2) is 13.0 Å². The molecule has 1 aromatic carbocycles. The van der Waals surface area contributed by atoms with Gasteiger partial charge in [0.2, 0.25) is 0 Å². The molecule has 2 heterocycles. The van der Waals surface area contributed by atoms with Crippen molar-refractivity contribution in [2.75, 3.05) is 12.4 Å². The highest BCUT2D eigenvalue weighted by molar-refractivity contribution is 9.11. The first kappa shape index (κ1) is 18.3. The molecule has 0 saturated carbocycles. The zero-order valence-corrected chi connectivity index (χ0v) is 18.6. The first-order valence-corrected chi connectivity index (χ1v) is 11.2. The van der Waals surface area contributed by atoms with Gasteiger partial charge in [-0.3, -0.25) is 4.79 Å². The molecule has 2 atom stereocenters. The van der Waals surface area contributed by atoms with E-state index in [4.69, 9.17) is 4.74 Å². The molecule has 0 spiro atoms. The molecule has 1 aliphatic heterocycles. The van der Waals surface area contributed by atoms with Gasteiger partial charge in [-0.2, -0.15) is 0 Å². The van der Waals surface area contributed by atoms with Gasteiger partial charge in [-0.15, -0.1) is 11.3 Å². The van der Waals surface area contributed by atoms with Crippen molar-refractivity contribution in [1.29, 1.82) is 0 Å². The Kier molecular flexibility index (Phi) is 5.05. The molecule has 0 bridgehead atoms. The number of fused-ring (bicyclic) bond motifs is 3. The molecular formula is C19H20Br2N2O2S. The molecule has 0 fully saturated rings. The van der Waals surface area contributed by atoms with Crippen LogP contribution in [0.15, 0.2) is 21.1 Å². The fourth-order valence-electron chi connectivity index (χ4n) is 3.88. The van der Waals surface area contributed by atoms with Crippen LogP contribution in [-0.2, 0) is 12.8 Å². The van der Waals surface area contributed by atoms with Crippen LogP contribution in [0.4, 0.5) is 5.00 Å². The van der Waals surface area contributed by atoms with E-state index >= 15 is 0 Å². The maximum atomic E-state index is 12.9. The molecule has 4 nitrogen and oxygen atoms in total. The van der Waals surface area contributed by atoms with E-state index in [1.807, 2.05) is 12.1 Å². The van der Waals surface area contributed by atoms with Crippen molar-refractivity contribution in [2.45, 2.75) is 38.8 Å². The normalized spacial score (nSPS) is 21.5. The van der Waals surface area contributed by atoms with Gasteiger partial charge in [0.1, 0.15) is 16.9 Å². The van der Waals surface area contributed by atoms with Gasteiger partial charge in [0.25, 0.3) is 5.91 Å². The molecule has 1 aliphatic carbocycles. The van der Waals surface area contributed by atoms with E-state index in [1.165, 1.54) is 23.3 Å². The summed E-state index contributed by atoms with van der Waals surface area (Å²) in [7, 11) is 1.64. The van der Waals surface area contributed by atoms with Crippen molar-refractivity contribution in [1.82, 2.24) is 5.32 Å². The maximum absolute atomic E-state index is 12.9. The highest BCUT2D eigenvalue weighted by atomic mass is 79.9. The third-order valence-electron chi connectivity index (χ3n) is 5.27. The number of methoxy groups -OCH3 is 1. The topological polar surface area (TPSA) is 50.4 Å². The predicted molar refractivity (Wildman–Crippen MR) is 112 cm³/mol. The smallest absolute Gasteiger partial charge is 0.256 e. The Morgan fingerprint density at radius 2 is 2.12 bits per heavy atom. The third-order valence-corrected chi connectivity index (χ3v) is 7.51. The van der Waals surface area contributed by atoms with E-state index in [0.717, 1.165) is 49.6 Å². The van der Waals surface area contributed by atoms with Gasteiger partial charge in [0.05, 0.1) is 17.1 Å². The van der Waals surface area contributed by atoms with Crippen molar-refractivity contribution in [3.63, 3.8) is 0 Å². The second-order valence-corrected chi connectivity index (χ2v) is 9.66. The lowest BCUT2D eigenvalue weighted by Crippen LogP contribution is -2.38. The Morgan fingerprint density at radius 3 is 2.85 bits per heavy atom. The van der Waals surface area contributed by atoms with Crippen molar-refractivity contribution >= 4 is 54.1 Å².